The highest BCUT2D eigenvalue weighted by Crippen LogP contribution is 2.29. The lowest BCUT2D eigenvalue weighted by Gasteiger charge is -2.27. The van der Waals surface area contributed by atoms with Gasteiger partial charge in [0.2, 0.25) is 0 Å². The molecule has 0 saturated heterocycles. The Morgan fingerprint density at radius 1 is 1.28 bits per heavy atom. The van der Waals surface area contributed by atoms with Crippen LogP contribution in [0.5, 0.6) is 0 Å². The maximum atomic E-state index is 9.10. The van der Waals surface area contributed by atoms with Gasteiger partial charge in [-0.15, -0.1) is 0 Å². The van der Waals surface area contributed by atoms with E-state index in [0.29, 0.717) is 11.5 Å². The van der Waals surface area contributed by atoms with Gasteiger partial charge in [-0.2, -0.15) is 5.26 Å². The van der Waals surface area contributed by atoms with E-state index in [4.69, 9.17) is 5.26 Å². The number of nitrogens with zero attached hydrogens (tertiary/aromatic N) is 4. The summed E-state index contributed by atoms with van der Waals surface area (Å²) in [6.45, 7) is 3.48. The van der Waals surface area contributed by atoms with Gasteiger partial charge < -0.3 is 4.90 Å². The number of aliphatic imine (C=N–C) groups is 2. The first-order valence-electron chi connectivity index (χ1n) is 5.88. The minimum Gasteiger partial charge on any atom is -0.320 e. The van der Waals surface area contributed by atoms with Gasteiger partial charge in [-0.1, -0.05) is 30.3 Å². The molecule has 0 radical (unpaired) electrons. The molecule has 0 amide bonds. The fourth-order valence-corrected chi connectivity index (χ4v) is 2.37. The van der Waals surface area contributed by atoms with Crippen molar-refractivity contribution in [2.45, 2.75) is 6.92 Å². The monoisotopic (exact) mass is 236 g/mol. The topological polar surface area (TPSA) is 51.8 Å². The summed E-state index contributed by atoms with van der Waals surface area (Å²) in [5.41, 5.74) is 3.47. The highest BCUT2D eigenvalue weighted by molar-refractivity contribution is 6.49. The van der Waals surface area contributed by atoms with Gasteiger partial charge in [-0.25, -0.2) is 4.99 Å². The average Bonchev–Trinajstić information content (AvgIpc) is 2.87. The Labute approximate surface area is 106 Å². The largest absolute Gasteiger partial charge is 0.320 e. The normalized spacial score (nSPS) is 18.1. The number of benzene rings is 1. The molecule has 0 bridgehead atoms. The van der Waals surface area contributed by atoms with Crippen molar-refractivity contribution >= 4 is 17.2 Å². The summed E-state index contributed by atoms with van der Waals surface area (Å²) in [4.78, 5) is 10.8. The number of nitriles is 1. The van der Waals surface area contributed by atoms with E-state index >= 15 is 0 Å². The summed E-state index contributed by atoms with van der Waals surface area (Å²) in [7, 11) is 0. The molecule has 1 aromatic rings. The van der Waals surface area contributed by atoms with Crippen LogP contribution in [0.3, 0.4) is 0 Å². The van der Waals surface area contributed by atoms with Crippen LogP contribution in [0, 0.1) is 11.3 Å². The lowest BCUT2D eigenvalue weighted by Crippen LogP contribution is -2.35. The lowest BCUT2D eigenvalue weighted by molar-refractivity contribution is 0.633. The minimum atomic E-state index is 0.421. The summed E-state index contributed by atoms with van der Waals surface area (Å²) < 4.78 is 0. The molecule has 2 aliphatic heterocycles. The molecule has 2 aliphatic rings. The Morgan fingerprint density at radius 3 is 2.78 bits per heavy atom. The van der Waals surface area contributed by atoms with E-state index in [1.807, 2.05) is 25.1 Å². The zero-order valence-corrected chi connectivity index (χ0v) is 10.1. The Morgan fingerprint density at radius 2 is 2.06 bits per heavy atom. The molecule has 0 N–H and O–H groups in total. The maximum Gasteiger partial charge on any atom is 0.183 e. The van der Waals surface area contributed by atoms with E-state index in [-0.39, 0.29) is 0 Å². The van der Waals surface area contributed by atoms with Crippen molar-refractivity contribution in [2.24, 2.45) is 9.98 Å². The molecule has 4 heteroatoms. The van der Waals surface area contributed by atoms with Gasteiger partial charge in [0.1, 0.15) is 6.07 Å². The molecule has 18 heavy (non-hydrogen) atoms. The summed E-state index contributed by atoms with van der Waals surface area (Å²) in [6, 6.07) is 12.2. The van der Waals surface area contributed by atoms with Gasteiger partial charge in [0.25, 0.3) is 0 Å². The standard InChI is InChI=1S/C14H12N4/c1-10-13(11-5-3-2-4-6-11)18-8-7-16-14(18)12(9-15)17-10/h2-6H,7-8H2,1H3. The Bertz CT molecular complexity index is 617. The molecule has 3 rings (SSSR count). The van der Waals surface area contributed by atoms with Gasteiger partial charge in [0.15, 0.2) is 11.5 Å². The van der Waals surface area contributed by atoms with Gasteiger partial charge in [-0.3, -0.25) is 4.99 Å². The van der Waals surface area contributed by atoms with Crippen LogP contribution < -0.4 is 0 Å². The fourth-order valence-electron chi connectivity index (χ4n) is 2.37. The minimum absolute atomic E-state index is 0.421. The first-order chi connectivity index (χ1) is 8.81. The molecule has 0 fully saturated rings. The summed E-state index contributed by atoms with van der Waals surface area (Å²) in [5.74, 6) is 0.710. The van der Waals surface area contributed by atoms with Crippen molar-refractivity contribution in [3.8, 4) is 6.07 Å². The SMILES string of the molecule is CC1=C(c2ccccc2)N2CCN=C2C(C#N)=N1. The fraction of sp³-hybridized carbons (Fsp3) is 0.214. The molecule has 4 nitrogen and oxygen atoms in total. The number of hydrogen-bond acceptors (Lipinski definition) is 4. The van der Waals surface area contributed by atoms with Crippen molar-refractivity contribution < 1.29 is 0 Å². The molecule has 0 atom stereocenters. The van der Waals surface area contributed by atoms with Crippen LogP contribution in [0.25, 0.3) is 5.70 Å². The highest BCUT2D eigenvalue weighted by atomic mass is 15.3. The van der Waals surface area contributed by atoms with Crippen LogP contribution in [0.1, 0.15) is 12.5 Å². The second kappa shape index (κ2) is 4.11. The second-order valence-electron chi connectivity index (χ2n) is 4.23. The third kappa shape index (κ3) is 1.52. The molecule has 0 unspecified atom stereocenters. The lowest BCUT2D eigenvalue weighted by atomic mass is 10.1. The molecule has 2 heterocycles. The predicted octanol–water partition coefficient (Wildman–Crippen LogP) is 2.07. The van der Waals surface area contributed by atoms with E-state index in [1.54, 1.807) is 0 Å². The van der Waals surface area contributed by atoms with Crippen molar-refractivity contribution in [1.29, 1.82) is 5.26 Å². The molecule has 88 valence electrons. The molecular formula is C14H12N4. The number of allylic oxidation sites excluding steroid dienone is 1. The smallest absolute Gasteiger partial charge is 0.183 e. The van der Waals surface area contributed by atoms with Crippen LogP contribution in [0.4, 0.5) is 0 Å². The Kier molecular flexibility index (Phi) is 2.45. The van der Waals surface area contributed by atoms with E-state index in [2.05, 4.69) is 33.1 Å². The van der Waals surface area contributed by atoms with Crippen LogP contribution in [0.2, 0.25) is 0 Å². The van der Waals surface area contributed by atoms with Crippen molar-refractivity contribution in [1.82, 2.24) is 4.90 Å². The molecule has 1 aromatic carbocycles. The van der Waals surface area contributed by atoms with Crippen molar-refractivity contribution in [3.05, 3.63) is 41.6 Å². The molecule has 0 aliphatic carbocycles. The van der Waals surface area contributed by atoms with Crippen molar-refractivity contribution in [2.75, 3.05) is 13.1 Å². The number of fused-ring (bicyclic) bond motifs is 1. The Balaban J connectivity index is 2.17. The van der Waals surface area contributed by atoms with Crippen LogP contribution in [0.15, 0.2) is 46.0 Å². The van der Waals surface area contributed by atoms with E-state index in [0.717, 1.165) is 30.0 Å². The number of hydrogen-bond donors (Lipinski definition) is 0. The van der Waals surface area contributed by atoms with E-state index < -0.39 is 0 Å². The van der Waals surface area contributed by atoms with Crippen LogP contribution >= 0.6 is 0 Å². The molecule has 0 saturated carbocycles. The maximum absolute atomic E-state index is 9.10. The van der Waals surface area contributed by atoms with E-state index in [1.165, 1.54) is 0 Å². The molecule has 0 aromatic heterocycles. The third-order valence-electron chi connectivity index (χ3n) is 3.10. The van der Waals surface area contributed by atoms with Gasteiger partial charge >= 0.3 is 0 Å². The third-order valence-corrected chi connectivity index (χ3v) is 3.10. The van der Waals surface area contributed by atoms with Gasteiger partial charge in [-0.05, 0) is 6.92 Å². The summed E-state index contributed by atoms with van der Waals surface area (Å²) in [5, 5.41) is 9.10. The first-order valence-corrected chi connectivity index (χ1v) is 5.88. The van der Waals surface area contributed by atoms with Gasteiger partial charge in [0.05, 0.1) is 17.9 Å². The molecule has 0 spiro atoms. The average molecular weight is 236 g/mol. The first kappa shape index (κ1) is 10.7. The number of amidine groups is 1. The van der Waals surface area contributed by atoms with Crippen molar-refractivity contribution in [3.63, 3.8) is 0 Å². The quantitative estimate of drug-likeness (QED) is 0.749. The summed E-state index contributed by atoms with van der Waals surface area (Å²) in [6.07, 6.45) is 0. The van der Waals surface area contributed by atoms with Crippen LogP contribution in [-0.2, 0) is 0 Å². The summed E-state index contributed by atoms with van der Waals surface area (Å²) >= 11 is 0. The van der Waals surface area contributed by atoms with Gasteiger partial charge in [0, 0.05) is 12.1 Å². The van der Waals surface area contributed by atoms with E-state index in [9.17, 15) is 0 Å². The molecular weight excluding hydrogens is 224 g/mol. The predicted molar refractivity (Wildman–Crippen MR) is 71.1 cm³/mol. The second-order valence-corrected chi connectivity index (χ2v) is 4.23. The zero-order valence-electron chi connectivity index (χ0n) is 10.1. The highest BCUT2D eigenvalue weighted by Gasteiger charge is 2.30. The zero-order chi connectivity index (χ0) is 12.5. The Hall–Kier alpha value is -2.41. The number of rotatable bonds is 1. The van der Waals surface area contributed by atoms with Crippen LogP contribution in [-0.4, -0.2) is 29.5 Å².